The van der Waals surface area contributed by atoms with Gasteiger partial charge in [-0.3, -0.25) is 19.5 Å². The van der Waals surface area contributed by atoms with E-state index in [1.165, 1.54) is 23.9 Å². The van der Waals surface area contributed by atoms with Gasteiger partial charge in [0.2, 0.25) is 5.91 Å². The van der Waals surface area contributed by atoms with Gasteiger partial charge in [-0.05, 0) is 29.6 Å². The number of nitrogens with zero attached hydrogens (tertiary/aromatic N) is 3. The fourth-order valence-corrected chi connectivity index (χ4v) is 4.58. The Kier molecular flexibility index (Phi) is 6.19. The van der Waals surface area contributed by atoms with Crippen LogP contribution in [0.1, 0.15) is 4.88 Å². The van der Waals surface area contributed by atoms with Crippen molar-refractivity contribution in [1.29, 1.82) is 0 Å². The average Bonchev–Trinajstić information content (AvgIpc) is 3.43. The molecule has 4 rings (SSSR count). The summed E-state index contributed by atoms with van der Waals surface area (Å²) in [4.78, 5) is 28.7. The number of para-hydroxylation sites is 2. The van der Waals surface area contributed by atoms with Crippen LogP contribution in [-0.4, -0.2) is 33.2 Å². The summed E-state index contributed by atoms with van der Waals surface area (Å²) in [7, 11) is 1.58. The highest BCUT2D eigenvalue weighted by Gasteiger charge is 2.19. The van der Waals surface area contributed by atoms with Crippen LogP contribution < -0.4 is 10.1 Å². The van der Waals surface area contributed by atoms with E-state index in [-0.39, 0.29) is 17.3 Å². The summed E-state index contributed by atoms with van der Waals surface area (Å²) >= 11 is 2.85. The minimum Gasteiger partial charge on any atom is -0.495 e. The van der Waals surface area contributed by atoms with E-state index in [0.717, 1.165) is 10.6 Å². The molecule has 0 spiro atoms. The zero-order chi connectivity index (χ0) is 21.8. The number of rotatable bonds is 8. The van der Waals surface area contributed by atoms with Crippen molar-refractivity contribution < 1.29 is 14.5 Å². The van der Waals surface area contributed by atoms with Crippen LogP contribution in [0.5, 0.6) is 5.75 Å². The lowest BCUT2D eigenvalue weighted by Crippen LogP contribution is -2.24. The Balaban J connectivity index is 1.66. The maximum Gasteiger partial charge on any atom is 0.271 e. The number of thiophene rings is 1. The lowest BCUT2D eigenvalue weighted by atomic mass is 10.2. The second-order valence-corrected chi connectivity index (χ2v) is 8.45. The van der Waals surface area contributed by atoms with Crippen molar-refractivity contribution in [1.82, 2.24) is 14.9 Å². The third-order valence-electron chi connectivity index (χ3n) is 4.52. The number of benzene rings is 2. The van der Waals surface area contributed by atoms with Crippen LogP contribution >= 0.6 is 23.1 Å². The van der Waals surface area contributed by atoms with Crippen LogP contribution in [-0.2, 0) is 11.3 Å². The summed E-state index contributed by atoms with van der Waals surface area (Å²) in [5, 5.41) is 16.6. The number of hydrogen-bond donors (Lipinski definition) is 1. The molecule has 0 aliphatic rings. The molecule has 2 aromatic heterocycles. The molecule has 0 aliphatic carbocycles. The van der Waals surface area contributed by atoms with Gasteiger partial charge in [0.25, 0.3) is 5.69 Å². The number of carbonyl (C=O) groups is 1. The molecule has 8 nitrogen and oxygen atoms in total. The number of nitro groups is 1. The number of aromatic nitrogens is 2. The van der Waals surface area contributed by atoms with Gasteiger partial charge in [0.05, 0.1) is 41.1 Å². The highest BCUT2D eigenvalue weighted by atomic mass is 32.2. The van der Waals surface area contributed by atoms with E-state index in [0.29, 0.717) is 28.5 Å². The molecule has 0 radical (unpaired) electrons. The third-order valence-corrected chi connectivity index (χ3v) is 6.33. The van der Waals surface area contributed by atoms with E-state index in [1.54, 1.807) is 24.5 Å². The smallest absolute Gasteiger partial charge is 0.271 e. The van der Waals surface area contributed by atoms with Crippen LogP contribution in [0.15, 0.2) is 65.1 Å². The first-order valence-corrected chi connectivity index (χ1v) is 11.2. The molecule has 1 N–H and O–H groups in total. The van der Waals surface area contributed by atoms with Crippen LogP contribution in [0.3, 0.4) is 0 Å². The lowest BCUT2D eigenvalue weighted by molar-refractivity contribution is -0.384. The summed E-state index contributed by atoms with van der Waals surface area (Å²) < 4.78 is 7.35. The summed E-state index contributed by atoms with van der Waals surface area (Å²) in [6.07, 6.45) is 0. The van der Waals surface area contributed by atoms with Gasteiger partial charge in [-0.15, -0.1) is 11.3 Å². The number of thioether (sulfide) groups is 1. The van der Waals surface area contributed by atoms with E-state index in [2.05, 4.69) is 10.3 Å². The summed E-state index contributed by atoms with van der Waals surface area (Å²) in [5.41, 5.74) is 1.86. The number of carbonyl (C=O) groups excluding carboxylic acids is 1. The maximum absolute atomic E-state index is 12.4. The summed E-state index contributed by atoms with van der Waals surface area (Å²) in [5.74, 6) is 0.665. The van der Waals surface area contributed by atoms with Crippen LogP contribution in [0.25, 0.3) is 16.7 Å². The predicted octanol–water partition coefficient (Wildman–Crippen LogP) is 4.41. The van der Waals surface area contributed by atoms with Crippen LogP contribution in [0, 0.1) is 10.1 Å². The number of non-ortho nitro benzene ring substituents is 1. The van der Waals surface area contributed by atoms with Crippen molar-refractivity contribution in [3.8, 4) is 11.4 Å². The molecule has 0 fully saturated rings. The van der Waals surface area contributed by atoms with Gasteiger partial charge in [-0.2, -0.15) is 0 Å². The largest absolute Gasteiger partial charge is 0.495 e. The van der Waals surface area contributed by atoms with Crippen molar-refractivity contribution in [2.45, 2.75) is 11.7 Å². The van der Waals surface area contributed by atoms with Crippen molar-refractivity contribution in [2.75, 3.05) is 12.9 Å². The van der Waals surface area contributed by atoms with E-state index >= 15 is 0 Å². The van der Waals surface area contributed by atoms with Crippen molar-refractivity contribution >= 4 is 45.7 Å². The van der Waals surface area contributed by atoms with E-state index < -0.39 is 4.92 Å². The molecule has 0 saturated carbocycles. The number of ether oxygens (including phenoxy) is 1. The first kappa shape index (κ1) is 20.9. The molecule has 0 unspecified atom stereocenters. The Morgan fingerprint density at radius 2 is 2.10 bits per heavy atom. The Labute approximate surface area is 186 Å². The third kappa shape index (κ3) is 4.54. The number of imidazole rings is 1. The zero-order valence-corrected chi connectivity index (χ0v) is 18.1. The lowest BCUT2D eigenvalue weighted by Gasteiger charge is -2.13. The Morgan fingerprint density at radius 1 is 1.26 bits per heavy atom. The number of nitrogens with one attached hydrogen (secondary N) is 1. The number of methoxy groups -OCH3 is 1. The van der Waals surface area contributed by atoms with Gasteiger partial charge in [0, 0.05) is 17.0 Å². The van der Waals surface area contributed by atoms with Crippen molar-refractivity contribution in [2.24, 2.45) is 0 Å². The van der Waals surface area contributed by atoms with Gasteiger partial charge in [0.15, 0.2) is 5.16 Å². The van der Waals surface area contributed by atoms with E-state index in [4.69, 9.17) is 4.74 Å². The number of fused-ring (bicyclic) bond motifs is 1. The first-order chi connectivity index (χ1) is 15.1. The molecular formula is C21H18N4O4S2. The molecule has 2 aromatic carbocycles. The van der Waals surface area contributed by atoms with Gasteiger partial charge in [-0.25, -0.2) is 4.98 Å². The second-order valence-electron chi connectivity index (χ2n) is 6.48. The quantitative estimate of drug-likeness (QED) is 0.240. The van der Waals surface area contributed by atoms with E-state index in [9.17, 15) is 14.9 Å². The van der Waals surface area contributed by atoms with Crippen molar-refractivity contribution in [3.63, 3.8) is 0 Å². The summed E-state index contributed by atoms with van der Waals surface area (Å²) in [6.45, 7) is 0.478. The highest BCUT2D eigenvalue weighted by Crippen LogP contribution is 2.33. The number of nitro benzene ring substituents is 1. The average molecular weight is 455 g/mol. The topological polar surface area (TPSA) is 99.3 Å². The molecule has 31 heavy (non-hydrogen) atoms. The molecule has 4 aromatic rings. The van der Waals surface area contributed by atoms with Gasteiger partial charge in [-0.1, -0.05) is 30.0 Å². The van der Waals surface area contributed by atoms with Crippen LogP contribution in [0.4, 0.5) is 5.69 Å². The van der Waals surface area contributed by atoms with E-state index in [1.807, 2.05) is 46.3 Å². The fraction of sp³-hybridized carbons (Fsp3) is 0.143. The van der Waals surface area contributed by atoms with Gasteiger partial charge in [0.1, 0.15) is 5.75 Å². The highest BCUT2D eigenvalue weighted by molar-refractivity contribution is 7.99. The Bertz CT molecular complexity index is 1240. The SMILES string of the molecule is COc1ccccc1-n1c(SCC(=O)NCc2cccs2)nc2cc([N+](=O)[O-])ccc21. The van der Waals surface area contributed by atoms with Crippen LogP contribution in [0.2, 0.25) is 0 Å². The molecule has 158 valence electrons. The minimum atomic E-state index is -0.452. The molecule has 10 heteroatoms. The first-order valence-electron chi connectivity index (χ1n) is 9.29. The van der Waals surface area contributed by atoms with Gasteiger partial charge < -0.3 is 10.1 Å². The second kappa shape index (κ2) is 9.19. The number of amides is 1. The molecule has 2 heterocycles. The molecule has 0 atom stereocenters. The number of hydrogen-bond acceptors (Lipinski definition) is 7. The molecule has 0 saturated heterocycles. The summed E-state index contributed by atoms with van der Waals surface area (Å²) in [6, 6.07) is 15.9. The van der Waals surface area contributed by atoms with Crippen molar-refractivity contribution in [3.05, 3.63) is 75.0 Å². The normalized spacial score (nSPS) is 10.9. The Morgan fingerprint density at radius 3 is 2.84 bits per heavy atom. The molecule has 0 bridgehead atoms. The van der Waals surface area contributed by atoms with Gasteiger partial charge >= 0.3 is 0 Å². The predicted molar refractivity (Wildman–Crippen MR) is 121 cm³/mol. The molecule has 0 aliphatic heterocycles. The molecule has 1 amide bonds. The molecular weight excluding hydrogens is 436 g/mol. The minimum absolute atomic E-state index is 0.0394. The standard InChI is InChI=1S/C21H18N4O4S2/c1-29-19-7-3-2-6-18(19)24-17-9-8-14(25(27)28)11-16(17)23-21(24)31-13-20(26)22-12-15-5-4-10-30-15/h2-11H,12-13H2,1H3,(H,22,26). The maximum atomic E-state index is 12.4. The fourth-order valence-electron chi connectivity index (χ4n) is 3.08. The zero-order valence-electron chi connectivity index (χ0n) is 16.5. The Hall–Kier alpha value is -3.37. The monoisotopic (exact) mass is 454 g/mol.